The number of anilines is 1. The van der Waals surface area contributed by atoms with Crippen LogP contribution in [0.25, 0.3) is 12.7 Å². The smallest absolute Gasteiger partial charge is 0.266 e. The highest BCUT2D eigenvalue weighted by Crippen LogP contribution is 2.24. The van der Waals surface area contributed by atoms with Crippen LogP contribution in [0.2, 0.25) is 0 Å². The van der Waals surface area contributed by atoms with Crippen LogP contribution >= 0.6 is 11.3 Å². The fourth-order valence-corrected chi connectivity index (χ4v) is 5.27. The minimum atomic E-state index is -0.341. The molecule has 1 aromatic heterocycles. The van der Waals surface area contributed by atoms with Crippen molar-refractivity contribution in [3.05, 3.63) is 84.8 Å². The van der Waals surface area contributed by atoms with Crippen LogP contribution in [0.3, 0.4) is 0 Å². The lowest BCUT2D eigenvalue weighted by atomic mass is 10.1. The van der Waals surface area contributed by atoms with E-state index < -0.39 is 0 Å². The largest absolute Gasteiger partial charge is 0.367 e. The molecule has 1 saturated heterocycles. The summed E-state index contributed by atoms with van der Waals surface area (Å²) in [6.45, 7) is 6.24. The maximum absolute atomic E-state index is 12.8. The van der Waals surface area contributed by atoms with Crippen LogP contribution in [0.4, 0.5) is 5.69 Å². The number of thiazole rings is 1. The molecule has 0 radical (unpaired) electrons. The number of hydrogen-bond donors (Lipinski definition) is 1. The minimum Gasteiger partial charge on any atom is -0.367 e. The van der Waals surface area contributed by atoms with Crippen LogP contribution in [0.1, 0.15) is 32.7 Å². The van der Waals surface area contributed by atoms with Crippen molar-refractivity contribution in [1.29, 1.82) is 0 Å². The lowest BCUT2D eigenvalue weighted by Gasteiger charge is -2.37. The summed E-state index contributed by atoms with van der Waals surface area (Å²) in [6.07, 6.45) is 1.97. The molecule has 0 atom stereocenters. The average Bonchev–Trinajstić information content (AvgIpc) is 3.32. The maximum atomic E-state index is 12.8. The third kappa shape index (κ3) is 4.42. The van der Waals surface area contributed by atoms with Gasteiger partial charge in [-0.05, 0) is 29.8 Å². The summed E-state index contributed by atoms with van der Waals surface area (Å²) < 4.78 is 1.22. The van der Waals surface area contributed by atoms with Crippen LogP contribution in [0.15, 0.2) is 53.3 Å². The number of hydrogen-bond acceptors (Lipinski definition) is 6. The van der Waals surface area contributed by atoms with Gasteiger partial charge in [0.05, 0.1) is 20.3 Å². The lowest BCUT2D eigenvalue weighted by Crippen LogP contribution is -2.49. The Morgan fingerprint density at radius 2 is 1.57 bits per heavy atom. The molecule has 2 aromatic carbocycles. The van der Waals surface area contributed by atoms with Crippen molar-refractivity contribution in [3.63, 3.8) is 0 Å². The Balaban J connectivity index is 1.21. The summed E-state index contributed by atoms with van der Waals surface area (Å²) in [6, 6.07) is 14.6. The zero-order valence-electron chi connectivity index (χ0n) is 19.0. The van der Waals surface area contributed by atoms with E-state index in [9.17, 15) is 19.2 Å². The summed E-state index contributed by atoms with van der Waals surface area (Å²) in [7, 11) is 0. The number of rotatable bonds is 5. The van der Waals surface area contributed by atoms with E-state index in [2.05, 4.69) is 16.5 Å². The van der Waals surface area contributed by atoms with E-state index in [-0.39, 0.29) is 36.2 Å². The average molecular weight is 489 g/mol. The summed E-state index contributed by atoms with van der Waals surface area (Å²) in [5.74, 6) is -0.757. The number of amides is 3. The number of benzene rings is 2. The number of aromatic nitrogens is 1. The second kappa shape index (κ2) is 9.34. The molecule has 3 heterocycles. The molecule has 3 amide bonds. The normalized spacial score (nSPS) is 16.2. The first kappa shape index (κ1) is 22.8. The Labute approximate surface area is 205 Å². The molecule has 178 valence electrons. The Morgan fingerprint density at radius 1 is 0.943 bits per heavy atom. The van der Waals surface area contributed by atoms with Crippen molar-refractivity contribution in [2.45, 2.75) is 6.42 Å². The van der Waals surface area contributed by atoms with Crippen LogP contribution < -0.4 is 19.7 Å². The minimum absolute atomic E-state index is 0.0749. The van der Waals surface area contributed by atoms with Crippen molar-refractivity contribution in [2.75, 3.05) is 37.6 Å². The predicted octanol–water partition coefficient (Wildman–Crippen LogP) is 1.01. The third-order valence-electron chi connectivity index (χ3n) is 6.33. The van der Waals surface area contributed by atoms with Gasteiger partial charge < -0.3 is 14.8 Å². The van der Waals surface area contributed by atoms with Crippen molar-refractivity contribution < 1.29 is 14.4 Å². The number of fused-ring (bicyclic) bond motifs is 1. The van der Waals surface area contributed by atoms with Crippen molar-refractivity contribution in [3.8, 4) is 0 Å². The number of piperazine rings is 1. The highest BCUT2D eigenvalue weighted by atomic mass is 32.1. The zero-order chi connectivity index (χ0) is 24.5. The molecule has 5 rings (SSSR count). The van der Waals surface area contributed by atoms with Gasteiger partial charge >= 0.3 is 0 Å². The molecule has 0 bridgehead atoms. The van der Waals surface area contributed by atoms with Crippen LogP contribution in [0, 0.1) is 0 Å². The quantitative estimate of drug-likeness (QED) is 0.541. The number of aromatic amines is 1. The Bertz CT molecular complexity index is 1450. The van der Waals surface area contributed by atoms with Gasteiger partial charge in [-0.15, -0.1) is 11.3 Å². The molecule has 8 nitrogen and oxygen atoms in total. The Hall–Kier alpha value is -3.98. The van der Waals surface area contributed by atoms with E-state index in [4.69, 9.17) is 0 Å². The molecule has 0 saturated carbocycles. The predicted molar refractivity (Wildman–Crippen MR) is 135 cm³/mol. The molecular formula is C26H24N4O4S. The molecule has 1 N–H and O–H groups in total. The number of imide groups is 1. The van der Waals surface area contributed by atoms with Crippen molar-refractivity contribution in [2.24, 2.45) is 0 Å². The molecule has 0 spiro atoms. The third-order valence-corrected chi connectivity index (χ3v) is 7.21. The van der Waals surface area contributed by atoms with Crippen LogP contribution in [0.5, 0.6) is 0 Å². The molecule has 35 heavy (non-hydrogen) atoms. The lowest BCUT2D eigenvalue weighted by molar-refractivity contribution is -0.131. The maximum Gasteiger partial charge on any atom is 0.266 e. The zero-order valence-corrected chi connectivity index (χ0v) is 19.8. The van der Waals surface area contributed by atoms with Crippen molar-refractivity contribution >= 4 is 47.4 Å². The molecule has 2 aliphatic rings. The van der Waals surface area contributed by atoms with Gasteiger partial charge in [-0.1, -0.05) is 36.9 Å². The van der Waals surface area contributed by atoms with Gasteiger partial charge in [0, 0.05) is 44.8 Å². The Kier molecular flexibility index (Phi) is 6.08. The number of nitrogens with zero attached hydrogens (tertiary/aromatic N) is 3. The molecule has 0 unspecified atom stereocenters. The first-order valence-electron chi connectivity index (χ1n) is 11.4. The number of carbonyl (C=O) groups excluding carboxylic acids is 3. The van der Waals surface area contributed by atoms with E-state index >= 15 is 0 Å². The van der Waals surface area contributed by atoms with E-state index in [1.54, 1.807) is 29.2 Å². The summed E-state index contributed by atoms with van der Waals surface area (Å²) in [5.41, 5.74) is 2.58. The van der Waals surface area contributed by atoms with Gasteiger partial charge in [-0.2, -0.15) is 0 Å². The monoisotopic (exact) mass is 488 g/mol. The number of nitrogens with one attached hydrogen (secondary N) is 1. The topological polar surface area (TPSA) is 93.8 Å². The fraction of sp³-hybridized carbons (Fsp3) is 0.231. The molecule has 3 aromatic rings. The summed E-state index contributed by atoms with van der Waals surface area (Å²) in [4.78, 5) is 57.8. The number of carbonyl (C=O) groups is 3. The van der Waals surface area contributed by atoms with Crippen molar-refractivity contribution in [1.82, 2.24) is 14.8 Å². The highest BCUT2D eigenvalue weighted by Gasteiger charge is 2.35. The van der Waals surface area contributed by atoms with E-state index in [1.807, 2.05) is 30.3 Å². The van der Waals surface area contributed by atoms with Gasteiger partial charge in [-0.25, -0.2) is 0 Å². The Morgan fingerprint density at radius 3 is 2.20 bits per heavy atom. The van der Waals surface area contributed by atoms with E-state index in [0.29, 0.717) is 46.5 Å². The molecule has 9 heteroatoms. The fourth-order valence-electron chi connectivity index (χ4n) is 4.53. The molecular weight excluding hydrogens is 464 g/mol. The van der Waals surface area contributed by atoms with E-state index in [1.165, 1.54) is 11.3 Å². The molecule has 0 aliphatic carbocycles. The second-order valence-corrected chi connectivity index (χ2v) is 9.61. The number of para-hydroxylation sites is 1. The van der Waals surface area contributed by atoms with Crippen LogP contribution in [-0.4, -0.2) is 65.2 Å². The van der Waals surface area contributed by atoms with Gasteiger partial charge in [0.1, 0.15) is 0 Å². The standard InChI is InChI=1S/C26H24N4O4S/c1-17-27-24(32)22(35-17)16-18-6-2-5-9-21(18)28-12-14-29(15-13-28)23(31)10-11-30-25(33)19-7-3-4-8-20(19)26(30)34/h2-9,16H,1,10-15H2,(H,27,32). The molecule has 1 fully saturated rings. The number of H-pyrrole nitrogens is 1. The van der Waals surface area contributed by atoms with Gasteiger partial charge in [0.15, 0.2) is 0 Å². The first-order chi connectivity index (χ1) is 16.9. The first-order valence-corrected chi connectivity index (χ1v) is 12.2. The molecule has 2 aliphatic heterocycles. The highest BCUT2D eigenvalue weighted by molar-refractivity contribution is 7.07. The summed E-state index contributed by atoms with van der Waals surface area (Å²) >= 11 is 1.32. The SMILES string of the molecule is C=c1[nH]c(=O)c(=Cc2ccccc2N2CCN(C(=O)CCN3C(=O)c4ccccc4C3=O)CC2)s1. The van der Waals surface area contributed by atoms with Gasteiger partial charge in [-0.3, -0.25) is 24.1 Å². The second-order valence-electron chi connectivity index (χ2n) is 8.47. The van der Waals surface area contributed by atoms with Gasteiger partial charge in [0.25, 0.3) is 17.4 Å². The van der Waals surface area contributed by atoms with Crippen LogP contribution in [-0.2, 0) is 4.79 Å². The van der Waals surface area contributed by atoms with E-state index in [0.717, 1.165) is 16.2 Å². The summed E-state index contributed by atoms with van der Waals surface area (Å²) in [5, 5.41) is 0. The van der Waals surface area contributed by atoms with Gasteiger partial charge in [0.2, 0.25) is 5.91 Å².